The van der Waals surface area contributed by atoms with E-state index in [0.29, 0.717) is 12.8 Å². The average molecular weight is 264 g/mol. The van der Waals surface area contributed by atoms with E-state index in [1.165, 1.54) is 0 Å². The molecule has 0 spiro atoms. The lowest BCUT2D eigenvalue weighted by Crippen LogP contribution is -2.24. The SMILES string of the molecule is C[B][B][C@@H]1[C@@H](C/C=C\CCCC(=O)O)[C@@H](O)C[C@H]1O. The van der Waals surface area contributed by atoms with Gasteiger partial charge in [-0.3, -0.25) is 4.79 Å². The fraction of sp³-hybridized carbons (Fsp3) is 0.769. The van der Waals surface area contributed by atoms with Gasteiger partial charge in [0.2, 0.25) is 0 Å². The molecule has 0 bridgehead atoms. The van der Waals surface area contributed by atoms with Crippen LogP contribution in [0.4, 0.5) is 0 Å². The molecule has 1 aliphatic rings. The molecule has 0 aromatic heterocycles. The minimum Gasteiger partial charge on any atom is -0.481 e. The van der Waals surface area contributed by atoms with Gasteiger partial charge < -0.3 is 15.3 Å². The van der Waals surface area contributed by atoms with Crippen LogP contribution in [0.5, 0.6) is 0 Å². The maximum atomic E-state index is 10.3. The number of carbonyl (C=O) groups is 1. The number of aliphatic carboxylic acids is 1. The third-order valence-corrected chi connectivity index (χ3v) is 3.67. The normalized spacial score (nSPS) is 30.7. The topological polar surface area (TPSA) is 77.8 Å². The van der Waals surface area contributed by atoms with Crippen molar-refractivity contribution in [2.75, 3.05) is 0 Å². The number of allylic oxidation sites excluding steroid dienone is 2. The summed E-state index contributed by atoms with van der Waals surface area (Å²) in [5.74, 6) is -0.693. The molecule has 1 saturated carbocycles. The Morgan fingerprint density at radius 3 is 2.68 bits per heavy atom. The molecule has 1 rings (SSSR count). The summed E-state index contributed by atoms with van der Waals surface area (Å²) >= 11 is 0. The largest absolute Gasteiger partial charge is 0.481 e. The zero-order valence-electron chi connectivity index (χ0n) is 11.4. The number of carboxylic acid groups (broad SMARTS) is 1. The Morgan fingerprint density at radius 1 is 1.32 bits per heavy atom. The van der Waals surface area contributed by atoms with Gasteiger partial charge in [-0.1, -0.05) is 19.0 Å². The second kappa shape index (κ2) is 8.43. The molecular weight excluding hydrogens is 242 g/mol. The Kier molecular flexibility index (Phi) is 7.24. The zero-order valence-corrected chi connectivity index (χ0v) is 11.4. The van der Waals surface area contributed by atoms with Crippen LogP contribution in [0.1, 0.15) is 32.1 Å². The van der Waals surface area contributed by atoms with E-state index < -0.39 is 18.2 Å². The van der Waals surface area contributed by atoms with E-state index in [2.05, 4.69) is 0 Å². The molecule has 0 heterocycles. The quantitative estimate of drug-likeness (QED) is 0.348. The fourth-order valence-electron chi connectivity index (χ4n) is 2.67. The van der Waals surface area contributed by atoms with Gasteiger partial charge in [-0.2, -0.15) is 0 Å². The Bertz CT molecular complexity index is 309. The van der Waals surface area contributed by atoms with Crippen molar-refractivity contribution in [3.05, 3.63) is 12.2 Å². The molecule has 19 heavy (non-hydrogen) atoms. The molecule has 6 heteroatoms. The van der Waals surface area contributed by atoms with Crippen LogP contribution in [-0.2, 0) is 4.79 Å². The third-order valence-electron chi connectivity index (χ3n) is 3.67. The second-order valence-electron chi connectivity index (χ2n) is 5.13. The van der Waals surface area contributed by atoms with Crippen LogP contribution in [0.15, 0.2) is 12.2 Å². The van der Waals surface area contributed by atoms with E-state index in [1.54, 1.807) is 0 Å². The molecule has 0 aliphatic heterocycles. The Labute approximate surface area is 116 Å². The lowest BCUT2D eigenvalue weighted by Gasteiger charge is -2.21. The molecule has 3 N–H and O–H groups in total. The predicted octanol–water partition coefficient (Wildman–Crippen LogP) is 1.09. The maximum absolute atomic E-state index is 10.3. The van der Waals surface area contributed by atoms with Gasteiger partial charge in [0.25, 0.3) is 0 Å². The Balaban J connectivity index is 2.33. The maximum Gasteiger partial charge on any atom is 0.303 e. The number of hydrogen-bond acceptors (Lipinski definition) is 3. The molecule has 4 atom stereocenters. The number of hydrogen-bond donors (Lipinski definition) is 3. The summed E-state index contributed by atoms with van der Waals surface area (Å²) in [5, 5.41) is 28.3. The van der Waals surface area contributed by atoms with E-state index in [-0.39, 0.29) is 18.2 Å². The van der Waals surface area contributed by atoms with Crippen molar-refractivity contribution in [3.8, 4) is 0 Å². The summed E-state index contributed by atoms with van der Waals surface area (Å²) in [6.45, 7) is 1.91. The monoisotopic (exact) mass is 264 g/mol. The zero-order chi connectivity index (χ0) is 14.3. The molecule has 0 unspecified atom stereocenters. The molecule has 104 valence electrons. The first-order valence-electron chi connectivity index (χ1n) is 6.92. The number of unbranched alkanes of at least 4 members (excludes halogenated alkanes) is 1. The van der Waals surface area contributed by atoms with E-state index in [9.17, 15) is 15.0 Å². The molecule has 2 radical (unpaired) electrons. The molecule has 0 aromatic carbocycles. The van der Waals surface area contributed by atoms with Crippen molar-refractivity contribution in [2.24, 2.45) is 5.92 Å². The summed E-state index contributed by atoms with van der Waals surface area (Å²) in [6.07, 6.45) is 5.77. The summed E-state index contributed by atoms with van der Waals surface area (Å²) in [4.78, 5) is 10.3. The third kappa shape index (κ3) is 5.41. The van der Waals surface area contributed by atoms with Gasteiger partial charge in [-0.25, -0.2) is 0 Å². The lowest BCUT2D eigenvalue weighted by atomic mass is 9.33. The minimum absolute atomic E-state index is 0.0173. The summed E-state index contributed by atoms with van der Waals surface area (Å²) in [7, 11) is 3.87. The molecule has 1 fully saturated rings. The average Bonchev–Trinajstić information content (AvgIpc) is 2.60. The number of rotatable bonds is 8. The van der Waals surface area contributed by atoms with Gasteiger partial charge in [0.15, 0.2) is 0 Å². The van der Waals surface area contributed by atoms with Crippen LogP contribution in [0.2, 0.25) is 12.6 Å². The van der Waals surface area contributed by atoms with Crippen molar-refractivity contribution < 1.29 is 20.1 Å². The van der Waals surface area contributed by atoms with Gasteiger partial charge in [-0.15, -0.1) is 0 Å². The van der Waals surface area contributed by atoms with Crippen molar-refractivity contribution in [1.29, 1.82) is 0 Å². The predicted molar refractivity (Wildman–Crippen MR) is 76.5 cm³/mol. The molecule has 0 aromatic rings. The van der Waals surface area contributed by atoms with Crippen LogP contribution < -0.4 is 0 Å². The Hall–Kier alpha value is -0.740. The van der Waals surface area contributed by atoms with Gasteiger partial charge in [-0.05, 0) is 37.4 Å². The van der Waals surface area contributed by atoms with Gasteiger partial charge >= 0.3 is 5.97 Å². The fourth-order valence-corrected chi connectivity index (χ4v) is 2.67. The number of aliphatic hydroxyl groups is 2. The van der Waals surface area contributed by atoms with Crippen LogP contribution in [0.25, 0.3) is 0 Å². The van der Waals surface area contributed by atoms with Gasteiger partial charge in [0, 0.05) is 6.42 Å². The summed E-state index contributed by atoms with van der Waals surface area (Å²) in [5.41, 5.74) is 0. The van der Waals surface area contributed by atoms with E-state index in [0.717, 1.165) is 12.8 Å². The van der Waals surface area contributed by atoms with Crippen molar-refractivity contribution in [3.63, 3.8) is 0 Å². The lowest BCUT2D eigenvalue weighted by molar-refractivity contribution is -0.137. The van der Waals surface area contributed by atoms with E-state index >= 15 is 0 Å². The smallest absolute Gasteiger partial charge is 0.303 e. The van der Waals surface area contributed by atoms with E-state index in [1.807, 2.05) is 33.3 Å². The highest BCUT2D eigenvalue weighted by Gasteiger charge is 2.39. The van der Waals surface area contributed by atoms with Crippen molar-refractivity contribution in [2.45, 2.75) is 57.0 Å². The first kappa shape index (κ1) is 16.3. The summed E-state index contributed by atoms with van der Waals surface area (Å²) < 4.78 is 0. The molecule has 0 amide bonds. The first-order chi connectivity index (χ1) is 9.06. The standard InChI is InChI=1S/C13H22B2O4/c1-14-15-13-9(10(16)8-11(13)17)6-4-2-3-5-7-12(18)19/h2,4,9-11,13,16-17H,3,5-8H2,1H3,(H,18,19)/b4-2-/t9-,10-,11+,13+/m0/s1. The molecule has 4 nitrogen and oxygen atoms in total. The van der Waals surface area contributed by atoms with Gasteiger partial charge in [0.05, 0.1) is 26.5 Å². The molecule has 1 aliphatic carbocycles. The van der Waals surface area contributed by atoms with E-state index in [4.69, 9.17) is 5.11 Å². The molecular formula is C13H22B2O4. The minimum atomic E-state index is -0.768. The highest BCUT2D eigenvalue weighted by Crippen LogP contribution is 2.38. The van der Waals surface area contributed by atoms with Crippen LogP contribution in [0, 0.1) is 5.92 Å². The number of aliphatic hydroxyl groups excluding tert-OH is 2. The summed E-state index contributed by atoms with van der Waals surface area (Å²) in [6, 6.07) is 0. The number of carboxylic acids is 1. The van der Waals surface area contributed by atoms with Crippen LogP contribution in [-0.4, -0.2) is 47.8 Å². The van der Waals surface area contributed by atoms with Crippen LogP contribution in [0.3, 0.4) is 0 Å². The first-order valence-corrected chi connectivity index (χ1v) is 6.92. The van der Waals surface area contributed by atoms with Gasteiger partial charge in [0.1, 0.15) is 0 Å². The van der Waals surface area contributed by atoms with Crippen molar-refractivity contribution >= 4 is 20.3 Å². The highest BCUT2D eigenvalue weighted by atomic mass is 16.4. The van der Waals surface area contributed by atoms with Crippen LogP contribution >= 0.6 is 0 Å². The Morgan fingerprint density at radius 2 is 2.05 bits per heavy atom. The second-order valence-corrected chi connectivity index (χ2v) is 5.13. The highest BCUT2D eigenvalue weighted by molar-refractivity contribution is 7.00. The van der Waals surface area contributed by atoms with Crippen molar-refractivity contribution in [1.82, 2.24) is 0 Å². The molecule has 0 saturated heterocycles.